The highest BCUT2D eigenvalue weighted by Crippen LogP contribution is 2.47. The second kappa shape index (κ2) is 8.34. The highest BCUT2D eigenvalue weighted by atomic mass is 16.6. The van der Waals surface area contributed by atoms with Gasteiger partial charge in [0.2, 0.25) is 0 Å². The number of aliphatic hydroxyl groups excluding tert-OH is 1. The summed E-state index contributed by atoms with van der Waals surface area (Å²) in [4.78, 5) is 0. The molecule has 2 aliphatic rings. The standard InChI is InChI=1S/C21H40O2/c1-6-7-8-9-17(21(4,5)15(2)3)12-10-16-11-13-19-18(16)14-20(22)23-19/h15-20,22H,6-14H2,1-5H3. The maximum absolute atomic E-state index is 9.75. The van der Waals surface area contributed by atoms with E-state index in [4.69, 9.17) is 4.74 Å². The predicted molar refractivity (Wildman–Crippen MR) is 97.2 cm³/mol. The van der Waals surface area contributed by atoms with E-state index < -0.39 is 6.29 Å². The van der Waals surface area contributed by atoms with Crippen molar-refractivity contribution in [2.45, 2.75) is 105 Å². The van der Waals surface area contributed by atoms with Crippen LogP contribution in [-0.2, 0) is 4.74 Å². The molecule has 0 aromatic heterocycles. The van der Waals surface area contributed by atoms with Crippen LogP contribution in [0.25, 0.3) is 0 Å². The summed E-state index contributed by atoms with van der Waals surface area (Å²) in [6.07, 6.45) is 11.4. The lowest BCUT2D eigenvalue weighted by atomic mass is 9.66. The fourth-order valence-electron chi connectivity index (χ4n) is 4.89. The largest absolute Gasteiger partial charge is 0.368 e. The molecular weight excluding hydrogens is 284 g/mol. The summed E-state index contributed by atoms with van der Waals surface area (Å²) in [5.41, 5.74) is 0.428. The number of hydrogen-bond acceptors (Lipinski definition) is 2. The molecule has 23 heavy (non-hydrogen) atoms. The number of ether oxygens (including phenoxy) is 1. The van der Waals surface area contributed by atoms with Gasteiger partial charge in [-0.05, 0) is 61.2 Å². The molecule has 136 valence electrons. The first-order chi connectivity index (χ1) is 10.9. The molecule has 2 nitrogen and oxygen atoms in total. The summed E-state index contributed by atoms with van der Waals surface area (Å²) in [5.74, 6) is 2.99. The first kappa shape index (κ1) is 19.2. The summed E-state index contributed by atoms with van der Waals surface area (Å²) in [6, 6.07) is 0. The average molecular weight is 325 g/mol. The Morgan fingerprint density at radius 2 is 1.87 bits per heavy atom. The molecule has 5 unspecified atom stereocenters. The van der Waals surface area contributed by atoms with Crippen molar-refractivity contribution in [2.24, 2.45) is 29.1 Å². The normalized spacial score (nSPS) is 32.5. The van der Waals surface area contributed by atoms with Crippen molar-refractivity contribution in [3.05, 3.63) is 0 Å². The van der Waals surface area contributed by atoms with E-state index in [1.165, 1.54) is 51.4 Å². The van der Waals surface area contributed by atoms with Crippen LogP contribution in [0.5, 0.6) is 0 Å². The van der Waals surface area contributed by atoms with E-state index in [2.05, 4.69) is 34.6 Å². The predicted octanol–water partition coefficient (Wildman–Crippen LogP) is 5.78. The van der Waals surface area contributed by atoms with E-state index in [0.29, 0.717) is 17.4 Å². The van der Waals surface area contributed by atoms with Crippen molar-refractivity contribution in [2.75, 3.05) is 0 Å². The molecule has 1 saturated carbocycles. The second-order valence-corrected chi connectivity index (χ2v) is 9.11. The maximum atomic E-state index is 9.75. The van der Waals surface area contributed by atoms with Crippen molar-refractivity contribution in [1.82, 2.24) is 0 Å². The monoisotopic (exact) mass is 324 g/mol. The van der Waals surface area contributed by atoms with E-state index in [1.54, 1.807) is 0 Å². The van der Waals surface area contributed by atoms with Crippen LogP contribution in [0.4, 0.5) is 0 Å². The van der Waals surface area contributed by atoms with Crippen LogP contribution in [-0.4, -0.2) is 17.5 Å². The van der Waals surface area contributed by atoms with E-state index in [9.17, 15) is 5.11 Å². The molecule has 1 aliphatic heterocycles. The molecule has 2 rings (SSSR count). The van der Waals surface area contributed by atoms with E-state index >= 15 is 0 Å². The lowest BCUT2D eigenvalue weighted by Crippen LogP contribution is -2.30. The molecule has 0 bridgehead atoms. The van der Waals surface area contributed by atoms with Gasteiger partial charge in [-0.25, -0.2) is 0 Å². The molecule has 2 fully saturated rings. The Kier molecular flexibility index (Phi) is 6.98. The van der Waals surface area contributed by atoms with Gasteiger partial charge in [0.1, 0.15) is 0 Å². The Labute approximate surface area is 144 Å². The fraction of sp³-hybridized carbons (Fsp3) is 1.00. The van der Waals surface area contributed by atoms with Crippen LogP contribution < -0.4 is 0 Å². The van der Waals surface area contributed by atoms with Gasteiger partial charge in [-0.3, -0.25) is 0 Å². The lowest BCUT2D eigenvalue weighted by molar-refractivity contribution is -0.0906. The van der Waals surface area contributed by atoms with Gasteiger partial charge in [0.15, 0.2) is 6.29 Å². The summed E-state index contributed by atoms with van der Waals surface area (Å²) in [5, 5.41) is 9.75. The number of unbranched alkanes of at least 4 members (excludes halogenated alkanes) is 2. The molecule has 5 atom stereocenters. The molecule has 1 aliphatic carbocycles. The van der Waals surface area contributed by atoms with Gasteiger partial charge in [-0.15, -0.1) is 0 Å². The van der Waals surface area contributed by atoms with E-state index in [1.807, 2.05) is 0 Å². The third-order valence-electron chi connectivity index (χ3n) is 7.29. The van der Waals surface area contributed by atoms with Crippen molar-refractivity contribution < 1.29 is 9.84 Å². The minimum atomic E-state index is -0.486. The smallest absolute Gasteiger partial charge is 0.155 e. The van der Waals surface area contributed by atoms with Crippen molar-refractivity contribution in [3.63, 3.8) is 0 Å². The molecule has 0 aromatic rings. The lowest BCUT2D eigenvalue weighted by Gasteiger charge is -2.39. The Morgan fingerprint density at radius 1 is 1.13 bits per heavy atom. The topological polar surface area (TPSA) is 29.5 Å². The van der Waals surface area contributed by atoms with Crippen molar-refractivity contribution >= 4 is 0 Å². The zero-order valence-electron chi connectivity index (χ0n) is 16.2. The first-order valence-corrected chi connectivity index (χ1v) is 10.2. The minimum absolute atomic E-state index is 0.353. The Morgan fingerprint density at radius 3 is 2.52 bits per heavy atom. The van der Waals surface area contributed by atoms with E-state index in [-0.39, 0.29) is 0 Å². The quantitative estimate of drug-likeness (QED) is 0.545. The van der Waals surface area contributed by atoms with Gasteiger partial charge in [-0.1, -0.05) is 53.9 Å². The van der Waals surface area contributed by atoms with Crippen molar-refractivity contribution in [3.8, 4) is 0 Å². The Balaban J connectivity index is 1.89. The maximum Gasteiger partial charge on any atom is 0.155 e. The molecule has 0 aromatic carbocycles. The van der Waals surface area contributed by atoms with Gasteiger partial charge < -0.3 is 9.84 Å². The van der Waals surface area contributed by atoms with Crippen LogP contribution in [0.3, 0.4) is 0 Å². The average Bonchev–Trinajstić information content (AvgIpc) is 3.01. The third-order valence-corrected chi connectivity index (χ3v) is 7.29. The molecule has 2 heteroatoms. The molecule has 1 N–H and O–H groups in total. The number of hydrogen-bond donors (Lipinski definition) is 1. The Hall–Kier alpha value is -0.0800. The SMILES string of the molecule is CCCCCC(CCC1CCC2OC(O)CC12)C(C)(C)C(C)C. The van der Waals surface area contributed by atoms with Crippen LogP contribution in [0.1, 0.15) is 92.4 Å². The van der Waals surface area contributed by atoms with Crippen LogP contribution in [0.15, 0.2) is 0 Å². The van der Waals surface area contributed by atoms with Gasteiger partial charge in [0, 0.05) is 6.42 Å². The fourth-order valence-corrected chi connectivity index (χ4v) is 4.89. The highest BCUT2D eigenvalue weighted by Gasteiger charge is 2.44. The van der Waals surface area contributed by atoms with Gasteiger partial charge in [0.05, 0.1) is 6.10 Å². The van der Waals surface area contributed by atoms with Gasteiger partial charge in [0.25, 0.3) is 0 Å². The van der Waals surface area contributed by atoms with Crippen LogP contribution in [0, 0.1) is 29.1 Å². The van der Waals surface area contributed by atoms with Gasteiger partial charge in [-0.2, -0.15) is 0 Å². The minimum Gasteiger partial charge on any atom is -0.368 e. The molecule has 0 spiro atoms. The zero-order chi connectivity index (χ0) is 17.0. The molecule has 0 amide bonds. The van der Waals surface area contributed by atoms with Crippen LogP contribution >= 0.6 is 0 Å². The highest BCUT2D eigenvalue weighted by molar-refractivity contribution is 4.91. The van der Waals surface area contributed by atoms with Crippen LogP contribution in [0.2, 0.25) is 0 Å². The Bertz CT molecular complexity index is 350. The molecular formula is C21H40O2. The second-order valence-electron chi connectivity index (χ2n) is 9.11. The first-order valence-electron chi connectivity index (χ1n) is 10.2. The van der Waals surface area contributed by atoms with Crippen molar-refractivity contribution in [1.29, 1.82) is 0 Å². The number of rotatable bonds is 9. The third kappa shape index (κ3) is 4.72. The number of fused-ring (bicyclic) bond motifs is 1. The summed E-state index contributed by atoms with van der Waals surface area (Å²) < 4.78 is 5.66. The molecule has 1 saturated heterocycles. The number of aliphatic hydroxyl groups is 1. The summed E-state index contributed by atoms with van der Waals surface area (Å²) in [7, 11) is 0. The summed E-state index contributed by atoms with van der Waals surface area (Å²) in [6.45, 7) is 12.0. The van der Waals surface area contributed by atoms with E-state index in [0.717, 1.165) is 24.2 Å². The molecule has 1 heterocycles. The zero-order valence-corrected chi connectivity index (χ0v) is 16.2. The van der Waals surface area contributed by atoms with Gasteiger partial charge >= 0.3 is 0 Å². The molecule has 0 radical (unpaired) electrons. The summed E-state index contributed by atoms with van der Waals surface area (Å²) >= 11 is 0.